The molecule has 0 saturated heterocycles. The maximum atomic E-state index is 13.0. The van der Waals surface area contributed by atoms with E-state index in [1.54, 1.807) is 12.1 Å². The Bertz CT molecular complexity index is 1360. The van der Waals surface area contributed by atoms with Gasteiger partial charge in [-0.1, -0.05) is 18.2 Å². The number of anilines is 3. The molecular formula is C23H20F3N3O4S. The van der Waals surface area contributed by atoms with Crippen LogP contribution in [0.1, 0.15) is 28.4 Å². The molecule has 3 N–H and O–H groups in total. The van der Waals surface area contributed by atoms with Gasteiger partial charge in [0.1, 0.15) is 0 Å². The summed E-state index contributed by atoms with van der Waals surface area (Å²) < 4.78 is 66.8. The van der Waals surface area contributed by atoms with E-state index in [4.69, 9.17) is 0 Å². The number of rotatable bonds is 6. The van der Waals surface area contributed by atoms with E-state index in [9.17, 15) is 31.2 Å². The van der Waals surface area contributed by atoms with Gasteiger partial charge in [0.2, 0.25) is 5.91 Å². The molecule has 2 amide bonds. The van der Waals surface area contributed by atoms with Crippen LogP contribution in [0.5, 0.6) is 0 Å². The van der Waals surface area contributed by atoms with E-state index in [0.717, 1.165) is 12.1 Å². The van der Waals surface area contributed by atoms with Crippen LogP contribution in [0, 0.1) is 6.92 Å². The monoisotopic (exact) mass is 491 g/mol. The third kappa shape index (κ3) is 6.13. The van der Waals surface area contributed by atoms with Crippen molar-refractivity contribution in [1.82, 2.24) is 0 Å². The number of hydrogen-bond acceptors (Lipinski definition) is 4. The third-order valence-electron chi connectivity index (χ3n) is 4.62. The fourth-order valence-corrected chi connectivity index (χ4v) is 4.40. The Balaban J connectivity index is 1.85. The van der Waals surface area contributed by atoms with Crippen molar-refractivity contribution in [2.75, 3.05) is 15.4 Å². The molecule has 0 aromatic heterocycles. The molecule has 3 aromatic rings. The van der Waals surface area contributed by atoms with Crippen LogP contribution in [0.15, 0.2) is 71.6 Å². The molecule has 0 fully saturated rings. The third-order valence-corrected chi connectivity index (χ3v) is 6.15. The smallest absolute Gasteiger partial charge is 0.326 e. The van der Waals surface area contributed by atoms with E-state index >= 15 is 0 Å². The predicted molar refractivity (Wildman–Crippen MR) is 122 cm³/mol. The number of carbonyl (C=O) groups is 2. The summed E-state index contributed by atoms with van der Waals surface area (Å²) in [6.07, 6.45) is -4.63. The zero-order chi connectivity index (χ0) is 25.1. The normalized spacial score (nSPS) is 11.6. The van der Waals surface area contributed by atoms with Crippen LogP contribution in [0.3, 0.4) is 0 Å². The number of nitrogens with one attached hydrogen (secondary N) is 3. The summed E-state index contributed by atoms with van der Waals surface area (Å²) in [5.41, 5.74) is -0.128. The molecule has 0 radical (unpaired) electrons. The maximum Gasteiger partial charge on any atom is 0.416 e. The van der Waals surface area contributed by atoms with E-state index in [0.29, 0.717) is 17.3 Å². The van der Waals surface area contributed by atoms with Crippen molar-refractivity contribution in [3.8, 4) is 0 Å². The highest BCUT2D eigenvalue weighted by molar-refractivity contribution is 7.92. The highest BCUT2D eigenvalue weighted by Gasteiger charge is 2.31. The number of benzene rings is 3. The first-order valence-corrected chi connectivity index (χ1v) is 11.3. The Morgan fingerprint density at radius 1 is 0.824 bits per heavy atom. The summed E-state index contributed by atoms with van der Waals surface area (Å²) in [6, 6.07) is 14.1. The van der Waals surface area contributed by atoms with Crippen LogP contribution < -0.4 is 15.4 Å². The summed E-state index contributed by atoms with van der Waals surface area (Å²) in [6.45, 7) is 2.84. The molecule has 0 spiro atoms. The summed E-state index contributed by atoms with van der Waals surface area (Å²) in [4.78, 5) is 23.6. The Morgan fingerprint density at radius 3 is 2.15 bits per heavy atom. The number of aryl methyl sites for hydroxylation is 1. The highest BCUT2D eigenvalue weighted by atomic mass is 32.2. The second kappa shape index (κ2) is 9.56. The number of halogens is 3. The molecule has 0 heterocycles. The van der Waals surface area contributed by atoms with Crippen LogP contribution in [0.2, 0.25) is 0 Å². The van der Waals surface area contributed by atoms with Crippen molar-refractivity contribution in [2.24, 2.45) is 0 Å². The summed E-state index contributed by atoms with van der Waals surface area (Å²) in [5, 5.41) is 5.14. The van der Waals surface area contributed by atoms with E-state index in [2.05, 4.69) is 15.4 Å². The zero-order valence-electron chi connectivity index (χ0n) is 18.0. The molecule has 3 aromatic carbocycles. The average Bonchev–Trinajstić information content (AvgIpc) is 2.74. The maximum absolute atomic E-state index is 13.0. The van der Waals surface area contributed by atoms with Gasteiger partial charge in [-0.05, 0) is 61.0 Å². The molecule has 34 heavy (non-hydrogen) atoms. The molecule has 0 atom stereocenters. The summed E-state index contributed by atoms with van der Waals surface area (Å²) >= 11 is 0. The fraction of sp³-hybridized carbons (Fsp3) is 0.130. The number of amides is 2. The van der Waals surface area contributed by atoms with Crippen LogP contribution in [-0.2, 0) is 21.0 Å². The van der Waals surface area contributed by atoms with Crippen LogP contribution in [0.25, 0.3) is 0 Å². The second-order valence-electron chi connectivity index (χ2n) is 7.38. The molecule has 0 aliphatic carbocycles. The van der Waals surface area contributed by atoms with Crippen molar-refractivity contribution >= 4 is 38.9 Å². The quantitative estimate of drug-likeness (QED) is 0.450. The van der Waals surface area contributed by atoms with Gasteiger partial charge in [-0.3, -0.25) is 14.3 Å². The predicted octanol–water partition coefficient (Wildman–Crippen LogP) is 5.03. The van der Waals surface area contributed by atoms with Crippen molar-refractivity contribution in [2.45, 2.75) is 24.9 Å². The largest absolute Gasteiger partial charge is 0.416 e. The van der Waals surface area contributed by atoms with Gasteiger partial charge in [-0.2, -0.15) is 13.2 Å². The van der Waals surface area contributed by atoms with Gasteiger partial charge in [0.05, 0.1) is 10.5 Å². The Labute approximate surface area is 194 Å². The van der Waals surface area contributed by atoms with E-state index in [1.165, 1.54) is 50.2 Å². The number of hydrogen-bond donors (Lipinski definition) is 3. The minimum atomic E-state index is -4.63. The van der Waals surface area contributed by atoms with Gasteiger partial charge >= 0.3 is 6.18 Å². The Hall–Kier alpha value is -3.86. The standard InChI is InChI=1S/C23H20F3N3O4S/c1-14-9-10-19(28-22(31)16-5-3-7-18(11-16)27-15(2)30)13-21(14)34(32,33)29-20-8-4-6-17(12-20)23(24,25)26/h3-13,29H,1-2H3,(H,27,30)(H,28,31). The van der Waals surface area contributed by atoms with Crippen molar-refractivity contribution in [3.05, 3.63) is 83.4 Å². The lowest BCUT2D eigenvalue weighted by molar-refractivity contribution is -0.137. The van der Waals surface area contributed by atoms with E-state index in [1.807, 2.05) is 0 Å². The molecular weight excluding hydrogens is 471 g/mol. The Morgan fingerprint density at radius 2 is 1.47 bits per heavy atom. The number of sulfonamides is 1. The second-order valence-corrected chi connectivity index (χ2v) is 9.03. The average molecular weight is 491 g/mol. The SMILES string of the molecule is CC(=O)Nc1cccc(C(=O)Nc2ccc(C)c(S(=O)(=O)Nc3cccc(C(F)(F)F)c3)c2)c1. The first-order valence-electron chi connectivity index (χ1n) is 9.85. The van der Waals surface area contributed by atoms with Gasteiger partial charge in [0.25, 0.3) is 15.9 Å². The van der Waals surface area contributed by atoms with Crippen LogP contribution in [-0.4, -0.2) is 20.2 Å². The molecule has 0 bridgehead atoms. The van der Waals surface area contributed by atoms with Gasteiger partial charge < -0.3 is 10.6 Å². The van der Waals surface area contributed by atoms with E-state index in [-0.39, 0.29) is 27.7 Å². The summed E-state index contributed by atoms with van der Waals surface area (Å²) in [5.74, 6) is -0.857. The van der Waals surface area contributed by atoms with Gasteiger partial charge in [0, 0.05) is 29.5 Å². The molecule has 3 rings (SSSR count). The molecule has 0 saturated carbocycles. The topological polar surface area (TPSA) is 104 Å². The van der Waals surface area contributed by atoms with Crippen molar-refractivity contribution in [1.29, 1.82) is 0 Å². The highest BCUT2D eigenvalue weighted by Crippen LogP contribution is 2.31. The van der Waals surface area contributed by atoms with E-state index < -0.39 is 27.7 Å². The zero-order valence-corrected chi connectivity index (χ0v) is 18.8. The van der Waals surface area contributed by atoms with Gasteiger partial charge in [0.15, 0.2) is 0 Å². The molecule has 11 heteroatoms. The molecule has 7 nitrogen and oxygen atoms in total. The lowest BCUT2D eigenvalue weighted by atomic mass is 10.1. The number of carbonyl (C=O) groups excluding carboxylic acids is 2. The van der Waals surface area contributed by atoms with Crippen molar-refractivity contribution < 1.29 is 31.2 Å². The first kappa shape index (κ1) is 24.8. The molecule has 0 unspecified atom stereocenters. The van der Waals surface area contributed by atoms with Gasteiger partial charge in [-0.15, -0.1) is 0 Å². The minimum absolute atomic E-state index is 0.157. The lowest BCUT2D eigenvalue weighted by Gasteiger charge is -2.14. The Kier molecular flexibility index (Phi) is 6.96. The van der Waals surface area contributed by atoms with Crippen molar-refractivity contribution in [3.63, 3.8) is 0 Å². The minimum Gasteiger partial charge on any atom is -0.326 e. The number of alkyl halides is 3. The van der Waals surface area contributed by atoms with Gasteiger partial charge in [-0.25, -0.2) is 8.42 Å². The molecule has 0 aliphatic heterocycles. The molecule has 0 aliphatic rings. The fourth-order valence-electron chi connectivity index (χ4n) is 3.08. The first-order chi connectivity index (χ1) is 15.8. The van der Waals surface area contributed by atoms with Crippen LogP contribution >= 0.6 is 0 Å². The van der Waals surface area contributed by atoms with Crippen LogP contribution in [0.4, 0.5) is 30.2 Å². The molecule has 178 valence electrons. The lowest BCUT2D eigenvalue weighted by Crippen LogP contribution is -2.17. The summed E-state index contributed by atoms with van der Waals surface area (Å²) in [7, 11) is -4.27.